The Balaban J connectivity index is 1.32. The fraction of sp³-hybridized carbons (Fsp3) is 0.600. The van der Waals surface area contributed by atoms with Crippen LogP contribution in [0, 0.1) is 5.41 Å². The second kappa shape index (κ2) is 7.76. The van der Waals surface area contributed by atoms with Crippen LogP contribution in [0.25, 0.3) is 0 Å². The molecule has 2 aliphatic rings. The summed E-state index contributed by atoms with van der Waals surface area (Å²) in [5.74, 6) is 1.32. The van der Waals surface area contributed by atoms with Crippen molar-refractivity contribution in [2.24, 2.45) is 12.5 Å². The van der Waals surface area contributed by atoms with E-state index in [9.17, 15) is 4.79 Å². The average molecular weight is 368 g/mol. The predicted octanol–water partition coefficient (Wildman–Crippen LogP) is 1.66. The molecule has 0 unspecified atom stereocenters. The molecular weight excluding hydrogens is 340 g/mol. The van der Waals surface area contributed by atoms with Crippen molar-refractivity contribution in [3.05, 3.63) is 42.2 Å². The van der Waals surface area contributed by atoms with Crippen LogP contribution in [-0.4, -0.2) is 61.6 Å². The maximum Gasteiger partial charge on any atom is 0.222 e. The minimum Gasteiger partial charge on any atom is -0.342 e. The van der Waals surface area contributed by atoms with Crippen molar-refractivity contribution >= 4 is 5.91 Å². The summed E-state index contributed by atoms with van der Waals surface area (Å²) < 4.78 is 1.99. The van der Waals surface area contributed by atoms with Gasteiger partial charge in [-0.1, -0.05) is 6.07 Å². The lowest BCUT2D eigenvalue weighted by Crippen LogP contribution is -2.51. The summed E-state index contributed by atoms with van der Waals surface area (Å²) in [4.78, 5) is 21.4. The van der Waals surface area contributed by atoms with Crippen LogP contribution in [0.1, 0.15) is 37.2 Å². The smallest absolute Gasteiger partial charge is 0.222 e. The summed E-state index contributed by atoms with van der Waals surface area (Å²) in [5.41, 5.74) is 1.34. The number of carbonyl (C=O) groups excluding carboxylic acids is 1. The molecule has 4 rings (SSSR count). The fourth-order valence-corrected chi connectivity index (χ4v) is 4.35. The highest BCUT2D eigenvalue weighted by atomic mass is 16.2. The van der Waals surface area contributed by atoms with E-state index in [1.165, 1.54) is 0 Å². The lowest BCUT2D eigenvalue weighted by Gasteiger charge is -2.47. The molecule has 2 aromatic rings. The van der Waals surface area contributed by atoms with Crippen molar-refractivity contribution in [3.8, 4) is 0 Å². The normalized spacial score (nSPS) is 20.3. The molecule has 2 fully saturated rings. The number of pyridine rings is 1. The largest absolute Gasteiger partial charge is 0.342 e. The molecule has 4 heterocycles. The maximum atomic E-state index is 12.4. The van der Waals surface area contributed by atoms with Gasteiger partial charge in [0.25, 0.3) is 0 Å². The first-order valence-electron chi connectivity index (χ1n) is 9.87. The van der Waals surface area contributed by atoms with Gasteiger partial charge in [-0.3, -0.25) is 14.7 Å². The summed E-state index contributed by atoms with van der Waals surface area (Å²) in [6, 6.07) is 5.98. The van der Waals surface area contributed by atoms with Crippen molar-refractivity contribution in [2.75, 3.05) is 26.2 Å². The molecule has 0 N–H and O–H groups in total. The number of likely N-dealkylation sites (tertiary alicyclic amines) is 2. The second-order valence-electron chi connectivity index (χ2n) is 8.02. The Kier molecular flexibility index (Phi) is 5.20. The van der Waals surface area contributed by atoms with Crippen LogP contribution < -0.4 is 0 Å². The molecule has 1 amide bonds. The summed E-state index contributed by atoms with van der Waals surface area (Å²) in [7, 11) is 1.99. The van der Waals surface area contributed by atoms with Crippen LogP contribution in [0.5, 0.6) is 0 Å². The molecule has 2 aliphatic heterocycles. The highest BCUT2D eigenvalue weighted by Gasteiger charge is 2.40. The van der Waals surface area contributed by atoms with Crippen molar-refractivity contribution in [1.29, 1.82) is 0 Å². The number of hydrogen-bond acceptors (Lipinski definition) is 5. The van der Waals surface area contributed by atoms with Gasteiger partial charge >= 0.3 is 0 Å². The van der Waals surface area contributed by atoms with E-state index in [1.807, 2.05) is 36.0 Å². The topological polar surface area (TPSA) is 67.2 Å². The number of carbonyl (C=O) groups is 1. The SMILES string of the molecule is Cn1cnnc1CN1CCC2(CCC(=O)N(CCc3ccccn3)C2)CC1. The molecule has 27 heavy (non-hydrogen) atoms. The monoisotopic (exact) mass is 368 g/mol. The van der Waals surface area contributed by atoms with E-state index >= 15 is 0 Å². The van der Waals surface area contributed by atoms with Crippen LogP contribution in [0.2, 0.25) is 0 Å². The van der Waals surface area contributed by atoms with Gasteiger partial charge in [-0.15, -0.1) is 10.2 Å². The third kappa shape index (κ3) is 4.18. The molecule has 2 aromatic heterocycles. The number of nitrogens with zero attached hydrogens (tertiary/aromatic N) is 6. The molecule has 1 spiro atoms. The van der Waals surface area contributed by atoms with Gasteiger partial charge in [-0.25, -0.2) is 0 Å². The third-order valence-corrected chi connectivity index (χ3v) is 6.20. The zero-order valence-electron chi connectivity index (χ0n) is 16.0. The highest BCUT2D eigenvalue weighted by Crippen LogP contribution is 2.40. The van der Waals surface area contributed by atoms with Gasteiger partial charge in [0.2, 0.25) is 5.91 Å². The first-order chi connectivity index (χ1) is 13.1. The molecular formula is C20H28N6O. The van der Waals surface area contributed by atoms with E-state index in [-0.39, 0.29) is 5.41 Å². The maximum absolute atomic E-state index is 12.4. The van der Waals surface area contributed by atoms with Crippen LogP contribution in [0.15, 0.2) is 30.7 Å². The Morgan fingerprint density at radius 3 is 2.74 bits per heavy atom. The van der Waals surface area contributed by atoms with Crippen LogP contribution >= 0.6 is 0 Å². The molecule has 0 aliphatic carbocycles. The van der Waals surface area contributed by atoms with Crippen LogP contribution in [-0.2, 0) is 24.8 Å². The number of piperidine rings is 2. The summed E-state index contributed by atoms with van der Waals surface area (Å²) in [6.07, 6.45) is 8.43. The van der Waals surface area contributed by atoms with Gasteiger partial charge < -0.3 is 9.47 Å². The molecule has 0 atom stereocenters. The molecule has 2 saturated heterocycles. The van der Waals surface area contributed by atoms with Crippen LogP contribution in [0.4, 0.5) is 0 Å². The standard InChI is InChI=1S/C20H28N6O/c1-24-16-22-23-18(24)14-25-12-8-20(9-13-25)7-5-19(27)26(15-20)11-6-17-4-2-3-10-21-17/h2-4,10,16H,5-9,11-15H2,1H3. The van der Waals surface area contributed by atoms with Gasteiger partial charge in [-0.2, -0.15) is 0 Å². The molecule has 7 heteroatoms. The number of aryl methyl sites for hydroxylation is 1. The van der Waals surface area contributed by atoms with E-state index < -0.39 is 0 Å². The summed E-state index contributed by atoms with van der Waals surface area (Å²) in [5, 5.41) is 8.17. The van der Waals surface area contributed by atoms with E-state index in [1.54, 1.807) is 6.33 Å². The predicted molar refractivity (Wildman–Crippen MR) is 102 cm³/mol. The van der Waals surface area contributed by atoms with Crippen molar-refractivity contribution < 1.29 is 4.79 Å². The second-order valence-corrected chi connectivity index (χ2v) is 8.02. The van der Waals surface area contributed by atoms with Gasteiger partial charge in [0.05, 0.1) is 6.54 Å². The van der Waals surface area contributed by atoms with Crippen molar-refractivity contribution in [2.45, 2.75) is 38.6 Å². The first-order valence-corrected chi connectivity index (χ1v) is 9.87. The Morgan fingerprint density at radius 1 is 1.19 bits per heavy atom. The minimum absolute atomic E-state index is 0.286. The minimum atomic E-state index is 0.286. The highest BCUT2D eigenvalue weighted by molar-refractivity contribution is 5.77. The number of aromatic nitrogens is 4. The molecule has 144 valence electrons. The lowest BCUT2D eigenvalue weighted by molar-refractivity contribution is -0.139. The summed E-state index contributed by atoms with van der Waals surface area (Å²) in [6.45, 7) is 4.66. The van der Waals surface area contributed by atoms with E-state index in [2.05, 4.69) is 25.0 Å². The van der Waals surface area contributed by atoms with E-state index in [4.69, 9.17) is 0 Å². The molecule has 0 radical (unpaired) electrons. The molecule has 0 bridgehead atoms. The Hall–Kier alpha value is -2.28. The van der Waals surface area contributed by atoms with Gasteiger partial charge in [0.15, 0.2) is 0 Å². The summed E-state index contributed by atoms with van der Waals surface area (Å²) >= 11 is 0. The first kappa shape index (κ1) is 18.1. The van der Waals surface area contributed by atoms with Crippen molar-refractivity contribution in [3.63, 3.8) is 0 Å². The third-order valence-electron chi connectivity index (χ3n) is 6.20. The number of amides is 1. The zero-order valence-corrected chi connectivity index (χ0v) is 16.0. The molecule has 7 nitrogen and oxygen atoms in total. The van der Waals surface area contributed by atoms with Gasteiger partial charge in [0, 0.05) is 44.9 Å². The molecule has 0 aromatic carbocycles. The van der Waals surface area contributed by atoms with Crippen LogP contribution in [0.3, 0.4) is 0 Å². The Labute approximate surface area is 160 Å². The van der Waals surface area contributed by atoms with Gasteiger partial charge in [0.1, 0.15) is 12.2 Å². The number of rotatable bonds is 5. The average Bonchev–Trinajstić information content (AvgIpc) is 3.10. The van der Waals surface area contributed by atoms with E-state index in [0.29, 0.717) is 12.3 Å². The quantitative estimate of drug-likeness (QED) is 0.803. The Morgan fingerprint density at radius 2 is 2.04 bits per heavy atom. The van der Waals surface area contributed by atoms with Crippen molar-refractivity contribution in [1.82, 2.24) is 29.5 Å². The van der Waals surface area contributed by atoms with E-state index in [0.717, 1.165) is 69.9 Å². The number of hydrogen-bond donors (Lipinski definition) is 0. The Bertz CT molecular complexity index is 766. The zero-order chi connectivity index (χ0) is 18.7. The fourth-order valence-electron chi connectivity index (χ4n) is 4.35. The van der Waals surface area contributed by atoms with Gasteiger partial charge in [-0.05, 0) is 49.9 Å². The molecule has 0 saturated carbocycles. The lowest BCUT2D eigenvalue weighted by atomic mass is 9.72.